The lowest BCUT2D eigenvalue weighted by Crippen LogP contribution is -1.99. The van der Waals surface area contributed by atoms with Crippen LogP contribution in [-0.2, 0) is 4.79 Å². The highest BCUT2D eigenvalue weighted by Gasteiger charge is 2.05. The third-order valence-corrected chi connectivity index (χ3v) is 2.15. The lowest BCUT2D eigenvalue weighted by molar-refractivity contribution is -0.132. The molecule has 0 unspecified atom stereocenters. The van der Waals surface area contributed by atoms with Crippen molar-refractivity contribution < 1.29 is 9.90 Å². The average molecular weight is 216 g/mol. The van der Waals surface area contributed by atoms with Gasteiger partial charge < -0.3 is 5.11 Å². The van der Waals surface area contributed by atoms with Crippen molar-refractivity contribution in [2.45, 2.75) is 20.3 Å². The summed E-state index contributed by atoms with van der Waals surface area (Å²) in [4.78, 5) is 11.0. The average Bonchev–Trinajstić information content (AvgIpc) is 2.25. The lowest BCUT2D eigenvalue weighted by atomic mass is 10.1. The van der Waals surface area contributed by atoms with Gasteiger partial charge in [0.2, 0.25) is 0 Å². The zero-order valence-electron chi connectivity index (χ0n) is 9.60. The van der Waals surface area contributed by atoms with Crippen molar-refractivity contribution in [3.05, 3.63) is 53.1 Å². The number of aliphatic carboxylic acids is 1. The highest BCUT2D eigenvalue weighted by Crippen LogP contribution is 2.11. The lowest BCUT2D eigenvalue weighted by Gasteiger charge is -1.99. The molecule has 2 heteroatoms. The van der Waals surface area contributed by atoms with Gasteiger partial charge in [0.05, 0.1) is 0 Å². The Balaban J connectivity index is 2.90. The van der Waals surface area contributed by atoms with Crippen molar-refractivity contribution in [2.75, 3.05) is 0 Å². The summed E-state index contributed by atoms with van der Waals surface area (Å²) in [6, 6.07) is 9.49. The molecule has 1 rings (SSSR count). The van der Waals surface area contributed by atoms with Gasteiger partial charge in [-0.1, -0.05) is 42.0 Å². The molecule has 0 aliphatic carbocycles. The van der Waals surface area contributed by atoms with E-state index in [-0.39, 0.29) is 0 Å². The summed E-state index contributed by atoms with van der Waals surface area (Å²) in [5, 5.41) is 9.05. The van der Waals surface area contributed by atoms with Gasteiger partial charge in [0, 0.05) is 5.57 Å². The normalized spacial score (nSPS) is 11.0. The van der Waals surface area contributed by atoms with Crippen LogP contribution in [0.2, 0.25) is 0 Å². The minimum atomic E-state index is -0.860. The summed E-state index contributed by atoms with van der Waals surface area (Å²) in [7, 11) is 0. The Hall–Kier alpha value is -1.83. The second-order valence-corrected chi connectivity index (χ2v) is 3.87. The minimum Gasteiger partial charge on any atom is -0.478 e. The number of hydrogen-bond acceptors (Lipinski definition) is 1. The number of carboxylic acids is 1. The Morgan fingerprint density at radius 2 is 1.88 bits per heavy atom. The van der Waals surface area contributed by atoms with Crippen molar-refractivity contribution in [1.82, 2.24) is 0 Å². The van der Waals surface area contributed by atoms with E-state index in [2.05, 4.69) is 0 Å². The quantitative estimate of drug-likeness (QED) is 0.617. The van der Waals surface area contributed by atoms with Crippen LogP contribution in [0.3, 0.4) is 0 Å². The molecule has 0 aromatic heterocycles. The molecular formula is C14H16O2. The zero-order chi connectivity index (χ0) is 12.0. The first-order chi connectivity index (χ1) is 7.59. The molecule has 0 aliphatic rings. The van der Waals surface area contributed by atoms with Gasteiger partial charge in [0.25, 0.3) is 0 Å². The van der Waals surface area contributed by atoms with Crippen LogP contribution >= 0.6 is 0 Å². The molecule has 0 saturated heterocycles. The first-order valence-electron chi connectivity index (χ1n) is 5.22. The molecule has 0 aliphatic heterocycles. The number of carbonyl (C=O) groups is 1. The molecule has 0 radical (unpaired) electrons. The maximum absolute atomic E-state index is 11.0. The molecule has 84 valence electrons. The largest absolute Gasteiger partial charge is 0.478 e. The number of carboxylic acid groups (broad SMARTS) is 1. The highest BCUT2D eigenvalue weighted by molar-refractivity contribution is 5.92. The molecule has 0 amide bonds. The van der Waals surface area contributed by atoms with Crippen molar-refractivity contribution in [3.8, 4) is 0 Å². The van der Waals surface area contributed by atoms with E-state index in [1.165, 1.54) is 0 Å². The summed E-state index contributed by atoms with van der Waals surface area (Å²) < 4.78 is 0. The number of rotatable bonds is 4. The first kappa shape index (κ1) is 12.2. The molecule has 0 bridgehead atoms. The van der Waals surface area contributed by atoms with Gasteiger partial charge >= 0.3 is 5.97 Å². The Morgan fingerprint density at radius 1 is 1.25 bits per heavy atom. The van der Waals surface area contributed by atoms with Crippen LogP contribution in [0.5, 0.6) is 0 Å². The molecule has 1 aromatic carbocycles. The maximum atomic E-state index is 11.0. The molecule has 0 heterocycles. The monoisotopic (exact) mass is 216 g/mol. The number of hydrogen-bond donors (Lipinski definition) is 1. The molecule has 1 N–H and O–H groups in total. The van der Waals surface area contributed by atoms with E-state index in [4.69, 9.17) is 5.11 Å². The van der Waals surface area contributed by atoms with Gasteiger partial charge in [-0.05, 0) is 31.9 Å². The van der Waals surface area contributed by atoms with Gasteiger partial charge in [-0.2, -0.15) is 0 Å². The van der Waals surface area contributed by atoms with Gasteiger partial charge in [0.15, 0.2) is 0 Å². The van der Waals surface area contributed by atoms with Crippen LogP contribution in [0.4, 0.5) is 0 Å². The highest BCUT2D eigenvalue weighted by atomic mass is 16.4. The summed E-state index contributed by atoms with van der Waals surface area (Å²) in [6.07, 6.45) is 4.09. The molecule has 1 aromatic rings. The van der Waals surface area contributed by atoms with Crippen molar-refractivity contribution >= 4 is 12.0 Å². The van der Waals surface area contributed by atoms with E-state index in [9.17, 15) is 4.79 Å². The van der Waals surface area contributed by atoms with Crippen LogP contribution < -0.4 is 0 Å². The Morgan fingerprint density at radius 3 is 2.38 bits per heavy atom. The van der Waals surface area contributed by atoms with Crippen LogP contribution in [0, 0.1) is 0 Å². The molecule has 0 spiro atoms. The van der Waals surface area contributed by atoms with Crippen LogP contribution in [0.15, 0.2) is 47.6 Å². The van der Waals surface area contributed by atoms with Crippen molar-refractivity contribution in [1.29, 1.82) is 0 Å². The topological polar surface area (TPSA) is 37.3 Å². The zero-order valence-corrected chi connectivity index (χ0v) is 9.60. The standard InChI is InChI=1S/C14H16O2/c1-11(2)8-9-13(14(15)16)10-12-6-4-3-5-7-12/h3-8,10H,9H2,1-2H3,(H,15,16)/b13-10-. The van der Waals surface area contributed by atoms with Crippen molar-refractivity contribution in [3.63, 3.8) is 0 Å². The summed E-state index contributed by atoms with van der Waals surface area (Å²) in [6.45, 7) is 3.92. The van der Waals surface area contributed by atoms with Gasteiger partial charge in [-0.25, -0.2) is 4.79 Å². The van der Waals surface area contributed by atoms with Gasteiger partial charge in [-0.3, -0.25) is 0 Å². The van der Waals surface area contributed by atoms with Gasteiger partial charge in [-0.15, -0.1) is 0 Å². The molecule has 2 nitrogen and oxygen atoms in total. The fraction of sp³-hybridized carbons (Fsp3) is 0.214. The van der Waals surface area contributed by atoms with E-state index in [1.807, 2.05) is 50.3 Å². The predicted octanol–water partition coefficient (Wildman–Crippen LogP) is 3.51. The Labute approximate surface area is 95.9 Å². The molecule has 16 heavy (non-hydrogen) atoms. The smallest absolute Gasteiger partial charge is 0.331 e. The van der Waals surface area contributed by atoms with Crippen LogP contribution in [-0.4, -0.2) is 11.1 Å². The molecular weight excluding hydrogens is 200 g/mol. The first-order valence-corrected chi connectivity index (χ1v) is 5.22. The van der Waals surface area contributed by atoms with Crippen molar-refractivity contribution in [2.24, 2.45) is 0 Å². The van der Waals surface area contributed by atoms with E-state index < -0.39 is 5.97 Å². The third kappa shape index (κ3) is 4.13. The fourth-order valence-corrected chi connectivity index (χ4v) is 1.27. The molecule has 0 atom stereocenters. The molecule has 0 fully saturated rings. The third-order valence-electron chi connectivity index (χ3n) is 2.15. The van der Waals surface area contributed by atoms with E-state index in [0.29, 0.717) is 12.0 Å². The van der Waals surface area contributed by atoms with Crippen LogP contribution in [0.1, 0.15) is 25.8 Å². The Kier molecular flexibility index (Phi) is 4.52. The van der Waals surface area contributed by atoms with E-state index >= 15 is 0 Å². The summed E-state index contributed by atoms with van der Waals surface area (Å²) in [5.74, 6) is -0.860. The fourth-order valence-electron chi connectivity index (χ4n) is 1.27. The summed E-state index contributed by atoms with van der Waals surface area (Å²) >= 11 is 0. The number of allylic oxidation sites excluding steroid dienone is 2. The predicted molar refractivity (Wildman–Crippen MR) is 66.1 cm³/mol. The van der Waals surface area contributed by atoms with E-state index in [1.54, 1.807) is 6.08 Å². The second kappa shape index (κ2) is 5.91. The SMILES string of the molecule is CC(C)=CC/C(=C/c1ccccc1)C(=O)O. The molecule has 0 saturated carbocycles. The number of benzene rings is 1. The van der Waals surface area contributed by atoms with Gasteiger partial charge in [0.1, 0.15) is 0 Å². The van der Waals surface area contributed by atoms with Crippen LogP contribution in [0.25, 0.3) is 6.08 Å². The minimum absolute atomic E-state index is 0.410. The summed E-state index contributed by atoms with van der Waals surface area (Å²) in [5.41, 5.74) is 2.45. The maximum Gasteiger partial charge on any atom is 0.331 e. The second-order valence-electron chi connectivity index (χ2n) is 3.87. The van der Waals surface area contributed by atoms with E-state index in [0.717, 1.165) is 11.1 Å². The Bertz CT molecular complexity index is 410.